The van der Waals surface area contributed by atoms with E-state index in [1.165, 1.54) is 7.11 Å². The lowest BCUT2D eigenvalue weighted by Gasteiger charge is -2.11. The molecule has 1 aromatic heterocycles. The Balaban J connectivity index is 2.67. The smallest absolute Gasteiger partial charge is 0.328 e. The largest absolute Gasteiger partial charge is 0.467 e. The molecule has 1 N–H and O–H groups in total. The molecule has 0 amide bonds. The quantitative estimate of drug-likeness (QED) is 0.684. The monoisotopic (exact) mass is 314 g/mol. The summed E-state index contributed by atoms with van der Waals surface area (Å²) in [5.41, 5.74) is 1.77. The van der Waals surface area contributed by atoms with Gasteiger partial charge in [-0.3, -0.25) is 0 Å². The van der Waals surface area contributed by atoms with Crippen LogP contribution >= 0.6 is 28.1 Å². The maximum Gasteiger partial charge on any atom is 0.328 e. The number of H-pyrrole nitrogens is 1. The highest BCUT2D eigenvalue weighted by Gasteiger charge is 2.18. The number of nitrogens with one attached hydrogen (secondary N) is 1. The zero-order valence-electron chi connectivity index (χ0n) is 9.36. The molecule has 1 unspecified atom stereocenters. The molecule has 90 valence electrons. The minimum atomic E-state index is -0.449. The second kappa shape index (κ2) is 4.62. The Morgan fingerprint density at radius 1 is 1.59 bits per heavy atom. The Hall–Kier alpha value is -1.14. The minimum Gasteiger partial charge on any atom is -0.467 e. The molecule has 0 saturated heterocycles. The number of imidazole rings is 1. The van der Waals surface area contributed by atoms with E-state index in [1.807, 2.05) is 18.2 Å². The molecule has 17 heavy (non-hydrogen) atoms. The van der Waals surface area contributed by atoms with E-state index in [9.17, 15) is 4.79 Å². The van der Waals surface area contributed by atoms with Crippen LogP contribution in [-0.2, 0) is 9.53 Å². The lowest BCUT2D eigenvalue weighted by atomic mass is 10.3. The van der Waals surface area contributed by atoms with Gasteiger partial charge < -0.3 is 14.3 Å². The number of benzene rings is 1. The van der Waals surface area contributed by atoms with E-state index in [0.29, 0.717) is 4.77 Å². The van der Waals surface area contributed by atoms with Crippen LogP contribution in [0.5, 0.6) is 0 Å². The number of fused-ring (bicyclic) bond motifs is 1. The molecule has 6 heteroatoms. The number of carbonyl (C=O) groups is 1. The van der Waals surface area contributed by atoms with Gasteiger partial charge in [0.25, 0.3) is 0 Å². The third kappa shape index (κ3) is 2.14. The molecule has 0 bridgehead atoms. The number of ether oxygens (including phenoxy) is 1. The summed E-state index contributed by atoms with van der Waals surface area (Å²) in [5.74, 6) is -0.318. The highest BCUT2D eigenvalue weighted by molar-refractivity contribution is 9.10. The number of hydrogen-bond acceptors (Lipinski definition) is 3. The molecule has 0 aliphatic carbocycles. The molecule has 0 fully saturated rings. The summed E-state index contributed by atoms with van der Waals surface area (Å²) in [7, 11) is 1.37. The van der Waals surface area contributed by atoms with Crippen molar-refractivity contribution in [1.82, 2.24) is 9.55 Å². The zero-order valence-corrected chi connectivity index (χ0v) is 11.8. The van der Waals surface area contributed by atoms with Crippen LogP contribution in [0.2, 0.25) is 0 Å². The number of carbonyl (C=O) groups excluding carboxylic acids is 1. The molecule has 0 aliphatic rings. The van der Waals surface area contributed by atoms with Crippen LogP contribution in [0.1, 0.15) is 13.0 Å². The summed E-state index contributed by atoms with van der Waals surface area (Å²) in [4.78, 5) is 14.6. The van der Waals surface area contributed by atoms with Gasteiger partial charge >= 0.3 is 5.97 Å². The fourth-order valence-electron chi connectivity index (χ4n) is 1.76. The van der Waals surface area contributed by atoms with Gasteiger partial charge in [0.05, 0.1) is 18.1 Å². The number of esters is 1. The normalized spacial score (nSPS) is 12.6. The van der Waals surface area contributed by atoms with Crippen LogP contribution < -0.4 is 0 Å². The second-order valence-corrected chi connectivity index (χ2v) is 4.96. The maximum absolute atomic E-state index is 11.6. The summed E-state index contributed by atoms with van der Waals surface area (Å²) < 4.78 is 7.93. The lowest BCUT2D eigenvalue weighted by Crippen LogP contribution is -2.17. The molecule has 0 saturated carbocycles. The van der Waals surface area contributed by atoms with Gasteiger partial charge in [0.15, 0.2) is 4.77 Å². The van der Waals surface area contributed by atoms with Gasteiger partial charge in [-0.2, -0.15) is 0 Å². The predicted octanol–water partition coefficient (Wildman–Crippen LogP) is 3.20. The third-order valence-electron chi connectivity index (χ3n) is 2.61. The van der Waals surface area contributed by atoms with Crippen molar-refractivity contribution in [3.8, 4) is 0 Å². The van der Waals surface area contributed by atoms with Crippen LogP contribution in [0.15, 0.2) is 22.7 Å². The molecule has 4 nitrogen and oxygen atoms in total. The van der Waals surface area contributed by atoms with Gasteiger partial charge in [-0.15, -0.1) is 0 Å². The number of hydrogen-bond donors (Lipinski definition) is 1. The van der Waals surface area contributed by atoms with E-state index >= 15 is 0 Å². The molecule has 1 heterocycles. The van der Waals surface area contributed by atoms with Gasteiger partial charge in [0.2, 0.25) is 0 Å². The van der Waals surface area contributed by atoms with Crippen molar-refractivity contribution in [3.63, 3.8) is 0 Å². The zero-order chi connectivity index (χ0) is 12.6. The fraction of sp³-hybridized carbons (Fsp3) is 0.273. The minimum absolute atomic E-state index is 0.318. The number of halogens is 1. The number of nitrogens with zero attached hydrogens (tertiary/aromatic N) is 1. The van der Waals surface area contributed by atoms with E-state index in [4.69, 9.17) is 17.0 Å². The molecule has 1 atom stereocenters. The average molecular weight is 315 g/mol. The summed E-state index contributed by atoms with van der Waals surface area (Å²) in [6.07, 6.45) is 0. The van der Waals surface area contributed by atoms with Crippen LogP contribution in [-0.4, -0.2) is 22.6 Å². The highest BCUT2D eigenvalue weighted by atomic mass is 79.9. The van der Waals surface area contributed by atoms with Crippen molar-refractivity contribution in [2.24, 2.45) is 0 Å². The first kappa shape index (κ1) is 12.3. The average Bonchev–Trinajstić information content (AvgIpc) is 2.62. The third-order valence-corrected chi connectivity index (χ3v) is 3.40. The first-order valence-electron chi connectivity index (χ1n) is 5.02. The Kier molecular flexibility index (Phi) is 3.35. The highest BCUT2D eigenvalue weighted by Crippen LogP contribution is 2.23. The van der Waals surface area contributed by atoms with Crippen molar-refractivity contribution in [2.75, 3.05) is 7.11 Å². The molecule has 0 spiro atoms. The van der Waals surface area contributed by atoms with E-state index < -0.39 is 6.04 Å². The topological polar surface area (TPSA) is 47.0 Å². The molecular weight excluding hydrogens is 304 g/mol. The van der Waals surface area contributed by atoms with Crippen molar-refractivity contribution in [2.45, 2.75) is 13.0 Å². The SMILES string of the molecule is COC(=O)C(C)n1c(=S)[nH]c2ccc(Br)cc21. The van der Waals surface area contributed by atoms with Gasteiger partial charge in [0, 0.05) is 4.47 Å². The van der Waals surface area contributed by atoms with Crippen LogP contribution in [0.4, 0.5) is 0 Å². The molecular formula is C11H11BrN2O2S. The number of rotatable bonds is 2. The Morgan fingerprint density at radius 2 is 2.29 bits per heavy atom. The number of methoxy groups -OCH3 is 1. The van der Waals surface area contributed by atoms with Gasteiger partial charge in [-0.1, -0.05) is 15.9 Å². The molecule has 2 aromatic rings. The van der Waals surface area contributed by atoms with Crippen LogP contribution in [0.25, 0.3) is 11.0 Å². The Labute approximate surface area is 112 Å². The molecule has 0 radical (unpaired) electrons. The molecule has 2 rings (SSSR count). The van der Waals surface area contributed by atoms with Gasteiger partial charge in [0.1, 0.15) is 6.04 Å². The van der Waals surface area contributed by atoms with E-state index in [2.05, 4.69) is 20.9 Å². The van der Waals surface area contributed by atoms with Gasteiger partial charge in [-0.25, -0.2) is 4.79 Å². The van der Waals surface area contributed by atoms with Crippen molar-refractivity contribution in [1.29, 1.82) is 0 Å². The van der Waals surface area contributed by atoms with E-state index in [1.54, 1.807) is 11.5 Å². The summed E-state index contributed by atoms with van der Waals surface area (Å²) >= 11 is 8.63. The maximum atomic E-state index is 11.6. The second-order valence-electron chi connectivity index (χ2n) is 3.66. The van der Waals surface area contributed by atoms with Gasteiger partial charge in [-0.05, 0) is 37.3 Å². The van der Waals surface area contributed by atoms with Crippen molar-refractivity contribution >= 4 is 45.2 Å². The van der Waals surface area contributed by atoms with E-state index in [-0.39, 0.29) is 5.97 Å². The summed E-state index contributed by atoms with van der Waals surface area (Å²) in [5, 5.41) is 0. The van der Waals surface area contributed by atoms with E-state index in [0.717, 1.165) is 15.5 Å². The lowest BCUT2D eigenvalue weighted by molar-refractivity contribution is -0.143. The summed E-state index contributed by atoms with van der Waals surface area (Å²) in [6.45, 7) is 1.76. The Bertz CT molecular complexity index is 632. The predicted molar refractivity (Wildman–Crippen MR) is 71.5 cm³/mol. The van der Waals surface area contributed by atoms with Crippen LogP contribution in [0, 0.1) is 4.77 Å². The Morgan fingerprint density at radius 3 is 2.94 bits per heavy atom. The van der Waals surface area contributed by atoms with Crippen molar-refractivity contribution in [3.05, 3.63) is 27.4 Å². The summed E-state index contributed by atoms with van der Waals surface area (Å²) in [6, 6.07) is 5.30. The fourth-order valence-corrected chi connectivity index (χ4v) is 2.47. The molecule has 1 aromatic carbocycles. The van der Waals surface area contributed by atoms with Crippen LogP contribution in [0.3, 0.4) is 0 Å². The first-order valence-corrected chi connectivity index (χ1v) is 6.22. The number of aromatic nitrogens is 2. The molecule has 0 aliphatic heterocycles. The standard InChI is InChI=1S/C11H11BrN2O2S/c1-6(10(15)16-2)14-9-5-7(12)3-4-8(9)13-11(14)17/h3-6H,1-2H3,(H,13,17). The number of aromatic amines is 1. The van der Waals surface area contributed by atoms with Crippen molar-refractivity contribution < 1.29 is 9.53 Å². The first-order chi connectivity index (χ1) is 8.04.